The van der Waals surface area contributed by atoms with Gasteiger partial charge in [-0.3, -0.25) is 9.59 Å². The number of ketones is 1. The second-order valence-corrected chi connectivity index (χ2v) is 7.31. The van der Waals surface area contributed by atoms with Gasteiger partial charge < -0.3 is 20.2 Å². The van der Waals surface area contributed by atoms with E-state index < -0.39 is 0 Å². The van der Waals surface area contributed by atoms with E-state index in [-0.39, 0.29) is 29.7 Å². The number of ether oxygens (including phenoxy) is 1. The number of rotatable bonds is 11. The predicted molar refractivity (Wildman–Crippen MR) is 97.1 cm³/mol. The van der Waals surface area contributed by atoms with E-state index in [0.29, 0.717) is 44.8 Å². The zero-order valence-corrected chi connectivity index (χ0v) is 15.9. The molecule has 0 spiro atoms. The van der Waals surface area contributed by atoms with Crippen molar-refractivity contribution in [3.05, 3.63) is 0 Å². The Morgan fingerprint density at radius 1 is 1.00 bits per heavy atom. The van der Waals surface area contributed by atoms with Crippen molar-refractivity contribution < 1.29 is 19.1 Å². The Kier molecular flexibility index (Phi) is 10.4. The van der Waals surface area contributed by atoms with Crippen LogP contribution < -0.4 is 10.6 Å². The molecule has 0 radical (unpaired) electrons. The highest BCUT2D eigenvalue weighted by Crippen LogP contribution is 2.23. The molecule has 25 heavy (non-hydrogen) atoms. The molecule has 0 aliphatic heterocycles. The Labute approximate surface area is 151 Å². The van der Waals surface area contributed by atoms with Crippen LogP contribution in [0.2, 0.25) is 0 Å². The number of nitrogens with one attached hydrogen (secondary N) is 2. The molecule has 144 valence electrons. The van der Waals surface area contributed by atoms with E-state index in [1.165, 1.54) is 0 Å². The molecule has 0 unspecified atom stereocenters. The fraction of sp³-hybridized carbons (Fsp3) is 0.842. The smallest absolute Gasteiger partial charge is 0.222 e. The normalized spacial score (nSPS) is 20.3. The van der Waals surface area contributed by atoms with Gasteiger partial charge in [0.2, 0.25) is 11.8 Å². The molecule has 0 heterocycles. The van der Waals surface area contributed by atoms with Crippen LogP contribution in [-0.2, 0) is 19.1 Å². The summed E-state index contributed by atoms with van der Waals surface area (Å²) in [7, 11) is 0. The first-order valence-electron chi connectivity index (χ1n) is 9.54. The van der Waals surface area contributed by atoms with Crippen molar-refractivity contribution in [1.29, 1.82) is 0 Å². The lowest BCUT2D eigenvalue weighted by Gasteiger charge is -2.29. The van der Waals surface area contributed by atoms with E-state index in [9.17, 15) is 14.4 Å². The molecular formula is C19H34N2O4. The van der Waals surface area contributed by atoms with Gasteiger partial charge in [-0.1, -0.05) is 0 Å². The second-order valence-electron chi connectivity index (χ2n) is 7.31. The minimum Gasteiger partial charge on any atom is -0.378 e. The molecule has 0 aromatic carbocycles. The Balaban J connectivity index is 2.10. The average Bonchev–Trinajstić information content (AvgIpc) is 2.53. The quantitative estimate of drug-likeness (QED) is 0.596. The van der Waals surface area contributed by atoms with Crippen molar-refractivity contribution in [2.75, 3.05) is 13.2 Å². The first-order chi connectivity index (χ1) is 11.9. The van der Waals surface area contributed by atoms with Gasteiger partial charge in [0, 0.05) is 31.8 Å². The van der Waals surface area contributed by atoms with E-state index in [4.69, 9.17) is 4.74 Å². The van der Waals surface area contributed by atoms with Crippen LogP contribution in [0.3, 0.4) is 0 Å². The number of hydrogen-bond acceptors (Lipinski definition) is 4. The third kappa shape index (κ3) is 10.9. The summed E-state index contributed by atoms with van der Waals surface area (Å²) in [4.78, 5) is 34.5. The molecule has 0 aromatic heterocycles. The second kappa shape index (κ2) is 12.0. The van der Waals surface area contributed by atoms with Gasteiger partial charge in [-0.2, -0.15) is 0 Å². The highest BCUT2D eigenvalue weighted by molar-refractivity contribution is 5.78. The molecule has 1 saturated carbocycles. The Morgan fingerprint density at radius 3 is 2.28 bits per heavy atom. The standard InChI is InChI=1S/C19H34N2O4/c1-14(2)25-12-11-18(23)20-13-16-7-9-17(10-8-16)21-19(24)6-4-5-15(3)22/h14,16-17H,4-13H2,1-3H3,(H,20,23)(H,21,24). The molecule has 6 nitrogen and oxygen atoms in total. The van der Waals surface area contributed by atoms with Gasteiger partial charge >= 0.3 is 0 Å². The summed E-state index contributed by atoms with van der Waals surface area (Å²) in [6.07, 6.45) is 6.02. The van der Waals surface area contributed by atoms with Crippen molar-refractivity contribution in [3.8, 4) is 0 Å². The van der Waals surface area contributed by atoms with Gasteiger partial charge in [-0.25, -0.2) is 0 Å². The van der Waals surface area contributed by atoms with Gasteiger partial charge in [0.25, 0.3) is 0 Å². The average molecular weight is 354 g/mol. The van der Waals surface area contributed by atoms with Gasteiger partial charge in [0.15, 0.2) is 0 Å². The lowest BCUT2D eigenvalue weighted by atomic mass is 9.86. The SMILES string of the molecule is CC(=O)CCCC(=O)NC1CCC(CNC(=O)CCOC(C)C)CC1. The molecule has 2 N–H and O–H groups in total. The fourth-order valence-corrected chi connectivity index (χ4v) is 3.04. The maximum absolute atomic E-state index is 11.8. The predicted octanol–water partition coefficient (Wildman–Crippen LogP) is 2.35. The van der Waals surface area contributed by atoms with Gasteiger partial charge in [-0.15, -0.1) is 0 Å². The van der Waals surface area contributed by atoms with Crippen LogP contribution >= 0.6 is 0 Å². The van der Waals surface area contributed by atoms with E-state index in [1.807, 2.05) is 13.8 Å². The minimum absolute atomic E-state index is 0.0431. The number of hydrogen-bond donors (Lipinski definition) is 2. The molecule has 0 saturated heterocycles. The van der Waals surface area contributed by atoms with E-state index in [0.717, 1.165) is 25.7 Å². The molecule has 1 aliphatic rings. The molecule has 1 fully saturated rings. The fourth-order valence-electron chi connectivity index (χ4n) is 3.04. The van der Waals surface area contributed by atoms with Crippen molar-refractivity contribution in [2.45, 2.75) is 84.3 Å². The van der Waals surface area contributed by atoms with Crippen LogP contribution in [0.1, 0.15) is 72.1 Å². The highest BCUT2D eigenvalue weighted by atomic mass is 16.5. The Bertz CT molecular complexity index is 429. The van der Waals surface area contributed by atoms with Crippen molar-refractivity contribution >= 4 is 17.6 Å². The highest BCUT2D eigenvalue weighted by Gasteiger charge is 2.22. The van der Waals surface area contributed by atoms with E-state index >= 15 is 0 Å². The van der Waals surface area contributed by atoms with E-state index in [2.05, 4.69) is 10.6 Å². The number of Topliss-reactive ketones (excluding diaryl/α,β-unsaturated/α-hetero) is 1. The molecule has 2 amide bonds. The minimum atomic E-state index is 0.0431. The third-order valence-electron chi connectivity index (χ3n) is 4.51. The van der Waals surface area contributed by atoms with Gasteiger partial charge in [-0.05, 0) is 58.8 Å². The molecule has 6 heteroatoms. The zero-order valence-electron chi connectivity index (χ0n) is 15.9. The zero-order chi connectivity index (χ0) is 18.7. The maximum Gasteiger partial charge on any atom is 0.222 e. The number of carbonyl (C=O) groups is 3. The Hall–Kier alpha value is -1.43. The molecular weight excluding hydrogens is 320 g/mol. The summed E-state index contributed by atoms with van der Waals surface area (Å²) in [5.41, 5.74) is 0. The maximum atomic E-state index is 11.8. The number of carbonyl (C=O) groups excluding carboxylic acids is 3. The summed E-state index contributed by atoms with van der Waals surface area (Å²) in [5.74, 6) is 0.705. The molecule has 0 aromatic rings. The first kappa shape index (κ1) is 21.6. The summed E-state index contributed by atoms with van der Waals surface area (Å²) in [5, 5.41) is 6.04. The molecule has 0 bridgehead atoms. The largest absolute Gasteiger partial charge is 0.378 e. The molecule has 1 rings (SSSR count). The van der Waals surface area contributed by atoms with E-state index in [1.54, 1.807) is 6.92 Å². The van der Waals surface area contributed by atoms with Crippen LogP contribution in [0.4, 0.5) is 0 Å². The molecule has 1 aliphatic carbocycles. The van der Waals surface area contributed by atoms with Gasteiger partial charge in [0.05, 0.1) is 12.7 Å². The molecule has 0 atom stereocenters. The van der Waals surface area contributed by atoms with Crippen molar-refractivity contribution in [2.24, 2.45) is 5.92 Å². The topological polar surface area (TPSA) is 84.5 Å². The number of amides is 2. The first-order valence-corrected chi connectivity index (χ1v) is 9.54. The van der Waals surface area contributed by atoms with Crippen LogP contribution in [0, 0.1) is 5.92 Å². The van der Waals surface area contributed by atoms with Crippen molar-refractivity contribution in [3.63, 3.8) is 0 Å². The monoisotopic (exact) mass is 354 g/mol. The van der Waals surface area contributed by atoms with Crippen LogP contribution in [0.15, 0.2) is 0 Å². The van der Waals surface area contributed by atoms with Crippen LogP contribution in [-0.4, -0.2) is 42.9 Å². The van der Waals surface area contributed by atoms with Crippen LogP contribution in [0.5, 0.6) is 0 Å². The van der Waals surface area contributed by atoms with Crippen LogP contribution in [0.25, 0.3) is 0 Å². The lowest BCUT2D eigenvalue weighted by molar-refractivity contribution is -0.123. The van der Waals surface area contributed by atoms with Gasteiger partial charge in [0.1, 0.15) is 5.78 Å². The Morgan fingerprint density at radius 2 is 1.68 bits per heavy atom. The summed E-state index contributed by atoms with van der Waals surface area (Å²) in [6.45, 7) is 6.64. The lowest BCUT2D eigenvalue weighted by Crippen LogP contribution is -2.39. The summed E-state index contributed by atoms with van der Waals surface area (Å²) < 4.78 is 5.38. The summed E-state index contributed by atoms with van der Waals surface area (Å²) >= 11 is 0. The van der Waals surface area contributed by atoms with Crippen molar-refractivity contribution in [1.82, 2.24) is 10.6 Å². The third-order valence-corrected chi connectivity index (χ3v) is 4.51. The summed E-state index contributed by atoms with van der Waals surface area (Å²) in [6, 6.07) is 0.233.